The highest BCUT2D eigenvalue weighted by molar-refractivity contribution is 5.27. The van der Waals surface area contributed by atoms with Crippen LogP contribution >= 0.6 is 0 Å². The van der Waals surface area contributed by atoms with Crippen LogP contribution in [0.4, 0.5) is 0 Å². The molecule has 1 atom stereocenters. The first-order valence-electron chi connectivity index (χ1n) is 4.68. The van der Waals surface area contributed by atoms with E-state index in [2.05, 4.69) is 0 Å². The number of hydrogen-bond acceptors (Lipinski definition) is 3. The first-order chi connectivity index (χ1) is 6.83. The Kier molecular flexibility index (Phi) is 2.41. The summed E-state index contributed by atoms with van der Waals surface area (Å²) in [5, 5.41) is 0. The number of nitrogens with two attached hydrogens (primary N) is 1. The molecule has 0 saturated heterocycles. The molecule has 0 aromatic carbocycles. The molecule has 2 rings (SSSR count). The van der Waals surface area contributed by atoms with E-state index in [0.717, 1.165) is 23.5 Å². The average molecular weight is 191 g/mol. The lowest BCUT2D eigenvalue weighted by atomic mass is 10.1. The molecule has 0 saturated carbocycles. The summed E-state index contributed by atoms with van der Waals surface area (Å²) in [6.45, 7) is 2.04. The maximum absolute atomic E-state index is 6.03. The molecule has 0 aliphatic heterocycles. The average Bonchev–Trinajstić information content (AvgIpc) is 2.87. The Morgan fingerprint density at radius 1 is 1.29 bits per heavy atom. The molecule has 3 nitrogen and oxygen atoms in total. The molecule has 1 unspecified atom stereocenters. The first-order valence-corrected chi connectivity index (χ1v) is 4.68. The van der Waals surface area contributed by atoms with Gasteiger partial charge in [-0.3, -0.25) is 0 Å². The van der Waals surface area contributed by atoms with Crippen LogP contribution in [0.25, 0.3) is 0 Å². The summed E-state index contributed by atoms with van der Waals surface area (Å²) in [7, 11) is 0. The number of aryl methyl sites for hydroxylation is 1. The van der Waals surface area contributed by atoms with Crippen molar-refractivity contribution in [2.75, 3.05) is 0 Å². The van der Waals surface area contributed by atoms with Crippen LogP contribution in [0.2, 0.25) is 0 Å². The van der Waals surface area contributed by atoms with E-state index < -0.39 is 0 Å². The summed E-state index contributed by atoms with van der Waals surface area (Å²) >= 11 is 0. The van der Waals surface area contributed by atoms with Gasteiger partial charge < -0.3 is 14.6 Å². The zero-order valence-electron chi connectivity index (χ0n) is 8.07. The molecular formula is C11H13NO2. The molecule has 14 heavy (non-hydrogen) atoms. The molecule has 2 heterocycles. The number of hydrogen-bond donors (Lipinski definition) is 1. The normalized spacial score (nSPS) is 13.0. The predicted molar refractivity (Wildman–Crippen MR) is 52.8 cm³/mol. The van der Waals surface area contributed by atoms with Crippen LogP contribution in [0, 0.1) is 0 Å². The van der Waals surface area contributed by atoms with E-state index in [9.17, 15) is 0 Å². The lowest BCUT2D eigenvalue weighted by Crippen LogP contribution is -2.11. The topological polar surface area (TPSA) is 52.3 Å². The second-order valence-corrected chi connectivity index (χ2v) is 3.15. The van der Waals surface area contributed by atoms with Crippen molar-refractivity contribution in [2.45, 2.75) is 19.4 Å². The van der Waals surface area contributed by atoms with Gasteiger partial charge in [-0.25, -0.2) is 0 Å². The molecule has 2 aromatic heterocycles. The second kappa shape index (κ2) is 3.72. The Balaban J connectivity index is 2.31. The van der Waals surface area contributed by atoms with Crippen LogP contribution < -0.4 is 5.73 Å². The molecule has 3 heteroatoms. The minimum atomic E-state index is -0.223. The molecule has 0 aliphatic carbocycles. The smallest absolute Gasteiger partial charge is 0.125 e. The first kappa shape index (κ1) is 9.09. The Hall–Kier alpha value is -1.48. The summed E-state index contributed by atoms with van der Waals surface area (Å²) in [5.41, 5.74) is 7.03. The molecule has 0 aliphatic rings. The maximum Gasteiger partial charge on any atom is 0.125 e. The molecule has 2 aromatic rings. The molecule has 2 N–H and O–H groups in total. The Labute approximate surface area is 82.5 Å². The highest BCUT2D eigenvalue weighted by atomic mass is 16.3. The summed E-state index contributed by atoms with van der Waals surface area (Å²) in [4.78, 5) is 0. The molecule has 74 valence electrons. The Bertz CT molecular complexity index is 389. The van der Waals surface area contributed by atoms with Crippen molar-refractivity contribution in [1.82, 2.24) is 0 Å². The van der Waals surface area contributed by atoms with E-state index in [1.54, 1.807) is 12.5 Å². The monoisotopic (exact) mass is 191 g/mol. The van der Waals surface area contributed by atoms with Gasteiger partial charge in [-0.05, 0) is 18.2 Å². The van der Waals surface area contributed by atoms with Crippen molar-refractivity contribution in [3.05, 3.63) is 47.8 Å². The fraction of sp³-hybridized carbons (Fsp3) is 0.273. The van der Waals surface area contributed by atoms with Crippen LogP contribution in [0.3, 0.4) is 0 Å². The van der Waals surface area contributed by atoms with Gasteiger partial charge >= 0.3 is 0 Å². The largest absolute Gasteiger partial charge is 0.469 e. The summed E-state index contributed by atoms with van der Waals surface area (Å²) in [6, 6.07) is 5.38. The summed E-state index contributed by atoms with van der Waals surface area (Å²) < 4.78 is 10.6. The van der Waals surface area contributed by atoms with E-state index >= 15 is 0 Å². The number of furan rings is 2. The molecule has 0 amide bonds. The van der Waals surface area contributed by atoms with Crippen molar-refractivity contribution in [2.24, 2.45) is 5.73 Å². The van der Waals surface area contributed by atoms with Gasteiger partial charge in [0, 0.05) is 12.0 Å². The van der Waals surface area contributed by atoms with Crippen LogP contribution in [0.5, 0.6) is 0 Å². The minimum Gasteiger partial charge on any atom is -0.469 e. The van der Waals surface area contributed by atoms with Crippen LogP contribution in [-0.4, -0.2) is 0 Å². The third-order valence-corrected chi connectivity index (χ3v) is 2.29. The van der Waals surface area contributed by atoms with Crippen LogP contribution in [0.1, 0.15) is 30.0 Å². The highest BCUT2D eigenvalue weighted by Gasteiger charge is 2.16. The fourth-order valence-corrected chi connectivity index (χ4v) is 1.54. The van der Waals surface area contributed by atoms with Gasteiger partial charge in [-0.2, -0.15) is 0 Å². The van der Waals surface area contributed by atoms with Crippen molar-refractivity contribution < 1.29 is 8.83 Å². The third kappa shape index (κ3) is 1.46. The van der Waals surface area contributed by atoms with Crippen molar-refractivity contribution in [3.8, 4) is 0 Å². The van der Waals surface area contributed by atoms with E-state index in [1.165, 1.54) is 0 Å². The SMILES string of the molecule is CCc1occc1C(N)c1ccco1. The Morgan fingerprint density at radius 3 is 2.79 bits per heavy atom. The van der Waals surface area contributed by atoms with Crippen LogP contribution in [-0.2, 0) is 6.42 Å². The number of rotatable bonds is 3. The predicted octanol–water partition coefficient (Wildman–Crippen LogP) is 2.48. The summed E-state index contributed by atoms with van der Waals surface area (Å²) in [6.07, 6.45) is 4.13. The standard InChI is InChI=1S/C11H13NO2/c1-2-9-8(5-7-14-9)11(12)10-4-3-6-13-10/h3-7,11H,2,12H2,1H3. The summed E-state index contributed by atoms with van der Waals surface area (Å²) in [5.74, 6) is 1.69. The van der Waals surface area contributed by atoms with Crippen molar-refractivity contribution >= 4 is 0 Å². The van der Waals surface area contributed by atoms with Gasteiger partial charge in [-0.15, -0.1) is 0 Å². The molecule has 0 radical (unpaired) electrons. The quantitative estimate of drug-likeness (QED) is 0.810. The van der Waals surface area contributed by atoms with E-state index in [1.807, 2.05) is 25.1 Å². The van der Waals surface area contributed by atoms with Crippen LogP contribution in [0.15, 0.2) is 39.6 Å². The van der Waals surface area contributed by atoms with Crippen molar-refractivity contribution in [1.29, 1.82) is 0 Å². The fourth-order valence-electron chi connectivity index (χ4n) is 1.54. The zero-order chi connectivity index (χ0) is 9.97. The third-order valence-electron chi connectivity index (χ3n) is 2.29. The Morgan fingerprint density at radius 2 is 2.14 bits per heavy atom. The molecule has 0 fully saturated rings. The maximum atomic E-state index is 6.03. The second-order valence-electron chi connectivity index (χ2n) is 3.15. The molecular weight excluding hydrogens is 178 g/mol. The zero-order valence-corrected chi connectivity index (χ0v) is 8.07. The van der Waals surface area contributed by atoms with E-state index in [4.69, 9.17) is 14.6 Å². The van der Waals surface area contributed by atoms with Gasteiger partial charge in [0.2, 0.25) is 0 Å². The lowest BCUT2D eigenvalue weighted by molar-refractivity contribution is 0.476. The van der Waals surface area contributed by atoms with Gasteiger partial charge in [0.25, 0.3) is 0 Å². The van der Waals surface area contributed by atoms with Gasteiger partial charge in [0.1, 0.15) is 11.5 Å². The lowest BCUT2D eigenvalue weighted by Gasteiger charge is -2.07. The minimum absolute atomic E-state index is 0.223. The molecule has 0 bridgehead atoms. The van der Waals surface area contributed by atoms with Gasteiger partial charge in [0.15, 0.2) is 0 Å². The molecule has 0 spiro atoms. The van der Waals surface area contributed by atoms with Gasteiger partial charge in [-0.1, -0.05) is 6.92 Å². The highest BCUT2D eigenvalue weighted by Crippen LogP contribution is 2.24. The van der Waals surface area contributed by atoms with E-state index in [-0.39, 0.29) is 6.04 Å². The van der Waals surface area contributed by atoms with E-state index in [0.29, 0.717) is 0 Å². The van der Waals surface area contributed by atoms with Gasteiger partial charge in [0.05, 0.1) is 18.6 Å². The van der Waals surface area contributed by atoms with Crippen molar-refractivity contribution in [3.63, 3.8) is 0 Å².